The first-order valence-electron chi connectivity index (χ1n) is 9.42. The highest BCUT2D eigenvalue weighted by Gasteiger charge is 2.27. The first kappa shape index (κ1) is 22.0. The van der Waals surface area contributed by atoms with Gasteiger partial charge in [-0.3, -0.25) is 4.79 Å². The number of anilines is 1. The largest absolute Gasteiger partial charge is 0.324 e. The molecule has 0 spiro atoms. The number of carbonyl (C=O) groups is 1. The monoisotopic (exact) mass is 442 g/mol. The van der Waals surface area contributed by atoms with Crippen LogP contribution in [0.3, 0.4) is 0 Å². The number of sulfonamides is 1. The Morgan fingerprint density at radius 2 is 1.47 bits per heavy atom. The van der Waals surface area contributed by atoms with E-state index in [0.29, 0.717) is 10.7 Å². The van der Waals surface area contributed by atoms with E-state index in [1.807, 2.05) is 38.1 Å². The minimum atomic E-state index is -3.88. The molecule has 30 heavy (non-hydrogen) atoms. The third kappa shape index (κ3) is 5.48. The average molecular weight is 443 g/mol. The zero-order valence-corrected chi connectivity index (χ0v) is 18.4. The maximum atomic E-state index is 13.3. The lowest BCUT2D eigenvalue weighted by molar-refractivity contribution is -0.116. The maximum absolute atomic E-state index is 13.3. The fraction of sp³-hybridized carbons (Fsp3) is 0.174. The number of hydrogen-bond donors (Lipinski definition) is 1. The molecule has 3 aromatic carbocycles. The van der Waals surface area contributed by atoms with Crippen LogP contribution in [0.5, 0.6) is 0 Å². The lowest BCUT2D eigenvalue weighted by Crippen LogP contribution is -2.37. The van der Waals surface area contributed by atoms with E-state index in [1.54, 1.807) is 48.5 Å². The molecule has 0 aromatic heterocycles. The Kier molecular flexibility index (Phi) is 6.92. The van der Waals surface area contributed by atoms with Crippen molar-refractivity contribution in [3.8, 4) is 0 Å². The molecule has 3 aromatic rings. The first-order valence-corrected chi connectivity index (χ1v) is 11.2. The molecule has 0 saturated carbocycles. The lowest BCUT2D eigenvalue weighted by Gasteiger charge is -2.22. The molecule has 3 rings (SSSR count). The van der Waals surface area contributed by atoms with Crippen molar-refractivity contribution in [3.05, 3.63) is 94.5 Å². The van der Waals surface area contributed by atoms with Gasteiger partial charge in [-0.25, -0.2) is 8.42 Å². The Labute approximate surface area is 182 Å². The number of hydrogen-bond acceptors (Lipinski definition) is 3. The van der Waals surface area contributed by atoms with E-state index in [1.165, 1.54) is 4.31 Å². The highest BCUT2D eigenvalue weighted by molar-refractivity contribution is 7.89. The molecule has 0 heterocycles. The van der Waals surface area contributed by atoms with Crippen LogP contribution in [-0.2, 0) is 21.4 Å². The van der Waals surface area contributed by atoms with Crippen LogP contribution >= 0.6 is 11.6 Å². The van der Waals surface area contributed by atoms with Crippen molar-refractivity contribution in [2.75, 3.05) is 11.9 Å². The Bertz CT molecular complexity index is 1130. The topological polar surface area (TPSA) is 66.5 Å². The minimum Gasteiger partial charge on any atom is -0.324 e. The zero-order chi connectivity index (χ0) is 21.7. The van der Waals surface area contributed by atoms with E-state index < -0.39 is 15.9 Å². The van der Waals surface area contributed by atoms with Crippen molar-refractivity contribution in [2.45, 2.75) is 25.3 Å². The summed E-state index contributed by atoms with van der Waals surface area (Å²) >= 11 is 6.10. The number of halogens is 1. The number of nitrogens with zero attached hydrogens (tertiary/aromatic N) is 1. The van der Waals surface area contributed by atoms with Gasteiger partial charge in [0.1, 0.15) is 0 Å². The summed E-state index contributed by atoms with van der Waals surface area (Å²) in [5, 5.41) is 3.08. The molecule has 0 fully saturated rings. The molecule has 156 valence electrons. The fourth-order valence-corrected chi connectivity index (χ4v) is 4.46. The van der Waals surface area contributed by atoms with Crippen LogP contribution in [0.2, 0.25) is 5.02 Å². The van der Waals surface area contributed by atoms with Gasteiger partial charge in [0, 0.05) is 6.54 Å². The number of rotatable bonds is 7. The van der Waals surface area contributed by atoms with Crippen molar-refractivity contribution in [1.29, 1.82) is 0 Å². The molecule has 0 aliphatic rings. The van der Waals surface area contributed by atoms with Gasteiger partial charge in [-0.15, -0.1) is 0 Å². The second kappa shape index (κ2) is 9.43. The van der Waals surface area contributed by atoms with E-state index in [2.05, 4.69) is 5.32 Å². The van der Waals surface area contributed by atoms with E-state index >= 15 is 0 Å². The highest BCUT2D eigenvalue weighted by atomic mass is 35.5. The van der Waals surface area contributed by atoms with Crippen molar-refractivity contribution < 1.29 is 13.2 Å². The number of para-hydroxylation sites is 1. The van der Waals surface area contributed by atoms with Crippen LogP contribution in [0.15, 0.2) is 77.7 Å². The van der Waals surface area contributed by atoms with Crippen LogP contribution in [0.25, 0.3) is 0 Å². The molecule has 0 aliphatic carbocycles. The predicted molar refractivity (Wildman–Crippen MR) is 120 cm³/mol. The summed E-state index contributed by atoms with van der Waals surface area (Å²) in [6.07, 6.45) is 0. The first-order chi connectivity index (χ1) is 14.3. The third-order valence-electron chi connectivity index (χ3n) is 4.61. The lowest BCUT2D eigenvalue weighted by atomic mass is 10.1. The molecule has 0 bridgehead atoms. The van der Waals surface area contributed by atoms with Crippen LogP contribution in [0.1, 0.15) is 16.7 Å². The summed E-state index contributed by atoms with van der Waals surface area (Å²) < 4.78 is 27.8. The van der Waals surface area contributed by atoms with Crippen molar-refractivity contribution >= 4 is 33.2 Å². The molecule has 7 heteroatoms. The van der Waals surface area contributed by atoms with Gasteiger partial charge in [0.2, 0.25) is 15.9 Å². The van der Waals surface area contributed by atoms with Gasteiger partial charge < -0.3 is 5.32 Å². The number of aryl methyl sites for hydroxylation is 2. The average Bonchev–Trinajstić information content (AvgIpc) is 2.71. The number of nitrogens with one attached hydrogen (secondary N) is 1. The number of amides is 1. The second-order valence-electron chi connectivity index (χ2n) is 7.10. The summed E-state index contributed by atoms with van der Waals surface area (Å²) in [4.78, 5) is 12.8. The quantitative estimate of drug-likeness (QED) is 0.572. The zero-order valence-electron chi connectivity index (χ0n) is 16.8. The molecule has 0 aliphatic heterocycles. The summed E-state index contributed by atoms with van der Waals surface area (Å²) in [6.45, 7) is 3.58. The van der Waals surface area contributed by atoms with Gasteiger partial charge in [0.05, 0.1) is 22.2 Å². The Morgan fingerprint density at radius 1 is 0.900 bits per heavy atom. The smallest absolute Gasteiger partial charge is 0.243 e. The molecule has 0 radical (unpaired) electrons. The van der Waals surface area contributed by atoms with Crippen molar-refractivity contribution in [2.24, 2.45) is 0 Å². The van der Waals surface area contributed by atoms with Gasteiger partial charge >= 0.3 is 0 Å². The van der Waals surface area contributed by atoms with E-state index in [0.717, 1.165) is 16.7 Å². The van der Waals surface area contributed by atoms with Crippen LogP contribution in [0.4, 0.5) is 5.69 Å². The van der Waals surface area contributed by atoms with Crippen LogP contribution < -0.4 is 5.32 Å². The number of benzene rings is 3. The molecular formula is C23H23ClN2O3S. The molecule has 0 unspecified atom stereocenters. The van der Waals surface area contributed by atoms with Crippen molar-refractivity contribution in [1.82, 2.24) is 4.31 Å². The van der Waals surface area contributed by atoms with Gasteiger partial charge in [-0.05, 0) is 43.7 Å². The normalized spacial score (nSPS) is 11.5. The Hall–Kier alpha value is -2.67. The highest BCUT2D eigenvalue weighted by Crippen LogP contribution is 2.22. The van der Waals surface area contributed by atoms with Gasteiger partial charge in [-0.2, -0.15) is 4.31 Å². The number of carbonyl (C=O) groups excluding carboxylic acids is 1. The predicted octanol–water partition coefficient (Wildman–Crippen LogP) is 4.79. The van der Waals surface area contributed by atoms with Crippen LogP contribution in [-0.4, -0.2) is 25.2 Å². The summed E-state index contributed by atoms with van der Waals surface area (Å²) in [5.74, 6) is -0.467. The third-order valence-corrected chi connectivity index (χ3v) is 6.74. The van der Waals surface area contributed by atoms with Crippen LogP contribution in [0, 0.1) is 13.8 Å². The molecule has 5 nitrogen and oxygen atoms in total. The van der Waals surface area contributed by atoms with Gasteiger partial charge in [0.15, 0.2) is 0 Å². The minimum absolute atomic E-state index is 0.0758. The van der Waals surface area contributed by atoms with Gasteiger partial charge in [-0.1, -0.05) is 71.3 Å². The van der Waals surface area contributed by atoms with Gasteiger partial charge in [0.25, 0.3) is 0 Å². The molecule has 0 atom stereocenters. The van der Waals surface area contributed by atoms with Crippen molar-refractivity contribution in [3.63, 3.8) is 0 Å². The summed E-state index contributed by atoms with van der Waals surface area (Å²) in [5.41, 5.74) is 3.26. The van der Waals surface area contributed by atoms with E-state index in [9.17, 15) is 13.2 Å². The maximum Gasteiger partial charge on any atom is 0.243 e. The molecule has 1 amide bonds. The Balaban J connectivity index is 1.88. The SMILES string of the molecule is Cc1ccc(CN(CC(=O)Nc2ccccc2Cl)S(=O)(=O)c2ccc(C)cc2)cc1. The molecule has 0 saturated heterocycles. The Morgan fingerprint density at radius 3 is 2.07 bits per heavy atom. The second-order valence-corrected chi connectivity index (χ2v) is 9.44. The fourth-order valence-electron chi connectivity index (χ4n) is 2.89. The molecule has 1 N–H and O–H groups in total. The summed E-state index contributed by atoms with van der Waals surface area (Å²) in [7, 11) is -3.88. The van der Waals surface area contributed by atoms with E-state index in [4.69, 9.17) is 11.6 Å². The molecular weight excluding hydrogens is 420 g/mol. The standard InChI is InChI=1S/C23H23ClN2O3S/c1-17-7-11-19(12-8-17)15-26(30(28,29)20-13-9-18(2)10-14-20)16-23(27)25-22-6-4-3-5-21(22)24/h3-14H,15-16H2,1-2H3,(H,25,27). The summed E-state index contributed by atoms with van der Waals surface area (Å²) in [6, 6.07) is 20.9. The van der Waals surface area contributed by atoms with E-state index in [-0.39, 0.29) is 18.0 Å².